The van der Waals surface area contributed by atoms with Crippen LogP contribution >= 0.6 is 0 Å². The Hall–Kier alpha value is -0.610. The fourth-order valence-electron chi connectivity index (χ4n) is 1.90. The Morgan fingerprint density at radius 1 is 1.35 bits per heavy atom. The molecule has 0 saturated heterocycles. The highest BCUT2D eigenvalue weighted by molar-refractivity contribution is 5.80. The van der Waals surface area contributed by atoms with E-state index in [1.165, 1.54) is 7.11 Å². The molecular formula is C13H28N2O2. The van der Waals surface area contributed by atoms with Crippen LogP contribution in [0.4, 0.5) is 0 Å². The molecule has 0 saturated carbocycles. The van der Waals surface area contributed by atoms with Crippen molar-refractivity contribution in [2.75, 3.05) is 34.3 Å². The second kappa shape index (κ2) is 8.48. The number of nitrogens with zero attached hydrogens (tertiary/aromatic N) is 1. The van der Waals surface area contributed by atoms with Gasteiger partial charge in [-0.05, 0) is 26.9 Å². The topological polar surface area (TPSA) is 41.6 Å². The maximum absolute atomic E-state index is 11.9. The predicted octanol–water partition coefficient (Wildman–Crippen LogP) is 1.65. The van der Waals surface area contributed by atoms with Crippen molar-refractivity contribution < 1.29 is 9.53 Å². The molecule has 1 atom stereocenters. The lowest BCUT2D eigenvalue weighted by atomic mass is 9.89. The van der Waals surface area contributed by atoms with Crippen molar-refractivity contribution in [3.8, 4) is 0 Å². The van der Waals surface area contributed by atoms with Crippen molar-refractivity contribution in [1.82, 2.24) is 10.2 Å². The summed E-state index contributed by atoms with van der Waals surface area (Å²) in [7, 11) is 5.52. The van der Waals surface area contributed by atoms with Gasteiger partial charge in [0.15, 0.2) is 0 Å². The van der Waals surface area contributed by atoms with Gasteiger partial charge in [-0.25, -0.2) is 0 Å². The van der Waals surface area contributed by atoms with Gasteiger partial charge in [0, 0.05) is 13.1 Å². The average molecular weight is 244 g/mol. The highest BCUT2D eigenvalue weighted by Crippen LogP contribution is 2.20. The molecule has 0 rings (SSSR count). The molecule has 4 heteroatoms. The minimum atomic E-state index is -0.499. The van der Waals surface area contributed by atoms with Crippen LogP contribution in [-0.4, -0.2) is 50.7 Å². The number of likely N-dealkylation sites (N-methyl/N-ethyl adjacent to an activating group) is 1. The fourth-order valence-corrected chi connectivity index (χ4v) is 1.90. The molecule has 0 aliphatic carbocycles. The Balaban J connectivity index is 4.50. The first-order valence-corrected chi connectivity index (χ1v) is 6.50. The van der Waals surface area contributed by atoms with E-state index in [0.29, 0.717) is 0 Å². The molecule has 17 heavy (non-hydrogen) atoms. The summed E-state index contributed by atoms with van der Waals surface area (Å²) >= 11 is 0. The second-order valence-electron chi connectivity index (χ2n) is 4.76. The zero-order chi connectivity index (χ0) is 13.3. The first kappa shape index (κ1) is 16.4. The minimum absolute atomic E-state index is 0.132. The van der Waals surface area contributed by atoms with Crippen LogP contribution in [0.25, 0.3) is 0 Å². The molecule has 0 aliphatic heterocycles. The fraction of sp³-hybridized carbons (Fsp3) is 0.923. The standard InChI is InChI=1S/C13H28N2O2/c1-6-8-9-13(7-2,12(16)17-5)14-10-11-15(3)4/h14H,6-11H2,1-5H3. The second-order valence-corrected chi connectivity index (χ2v) is 4.76. The lowest BCUT2D eigenvalue weighted by Crippen LogP contribution is -2.53. The predicted molar refractivity (Wildman–Crippen MR) is 71.1 cm³/mol. The molecule has 102 valence electrons. The molecule has 0 heterocycles. The number of carbonyl (C=O) groups is 1. The van der Waals surface area contributed by atoms with E-state index in [-0.39, 0.29) is 5.97 Å². The average Bonchev–Trinajstić information content (AvgIpc) is 2.32. The van der Waals surface area contributed by atoms with Crippen LogP contribution < -0.4 is 5.32 Å². The van der Waals surface area contributed by atoms with Crippen LogP contribution in [0.15, 0.2) is 0 Å². The molecule has 1 N–H and O–H groups in total. The van der Waals surface area contributed by atoms with Crippen molar-refractivity contribution in [2.45, 2.75) is 45.1 Å². The van der Waals surface area contributed by atoms with Crippen molar-refractivity contribution >= 4 is 5.97 Å². The molecular weight excluding hydrogens is 216 g/mol. The van der Waals surface area contributed by atoms with E-state index in [1.807, 2.05) is 21.0 Å². The maximum Gasteiger partial charge on any atom is 0.326 e. The minimum Gasteiger partial charge on any atom is -0.468 e. The molecule has 0 spiro atoms. The summed E-state index contributed by atoms with van der Waals surface area (Å²) in [5.74, 6) is -0.132. The lowest BCUT2D eigenvalue weighted by molar-refractivity contribution is -0.149. The lowest BCUT2D eigenvalue weighted by Gasteiger charge is -2.31. The van der Waals surface area contributed by atoms with Gasteiger partial charge in [-0.3, -0.25) is 4.79 Å². The highest BCUT2D eigenvalue weighted by atomic mass is 16.5. The summed E-state index contributed by atoms with van der Waals surface area (Å²) in [6, 6.07) is 0. The first-order valence-electron chi connectivity index (χ1n) is 6.50. The normalized spacial score (nSPS) is 14.7. The molecule has 0 aromatic rings. The number of nitrogens with one attached hydrogen (secondary N) is 1. The third kappa shape index (κ3) is 5.50. The van der Waals surface area contributed by atoms with Gasteiger partial charge < -0.3 is 15.0 Å². The summed E-state index contributed by atoms with van der Waals surface area (Å²) in [4.78, 5) is 14.0. The Morgan fingerprint density at radius 2 is 2.00 bits per heavy atom. The zero-order valence-electron chi connectivity index (χ0n) is 12.0. The molecule has 0 aromatic heterocycles. The molecule has 0 bridgehead atoms. The number of hydrogen-bond acceptors (Lipinski definition) is 4. The number of hydrogen-bond donors (Lipinski definition) is 1. The van der Waals surface area contributed by atoms with E-state index in [4.69, 9.17) is 4.74 Å². The first-order chi connectivity index (χ1) is 8.02. The van der Waals surface area contributed by atoms with Crippen LogP contribution in [0, 0.1) is 0 Å². The highest BCUT2D eigenvalue weighted by Gasteiger charge is 2.36. The Kier molecular flexibility index (Phi) is 8.17. The summed E-state index contributed by atoms with van der Waals surface area (Å²) in [5.41, 5.74) is -0.499. The molecule has 0 fully saturated rings. The largest absolute Gasteiger partial charge is 0.468 e. The molecule has 0 amide bonds. The zero-order valence-corrected chi connectivity index (χ0v) is 12.0. The van der Waals surface area contributed by atoms with Gasteiger partial charge in [0.1, 0.15) is 5.54 Å². The monoisotopic (exact) mass is 244 g/mol. The Labute approximate surface area is 106 Å². The van der Waals surface area contributed by atoms with E-state index in [0.717, 1.165) is 38.8 Å². The summed E-state index contributed by atoms with van der Waals surface area (Å²) in [5, 5.41) is 3.38. The van der Waals surface area contributed by atoms with Crippen LogP contribution in [0.1, 0.15) is 39.5 Å². The van der Waals surface area contributed by atoms with E-state index in [2.05, 4.69) is 17.1 Å². The van der Waals surface area contributed by atoms with Gasteiger partial charge in [0.05, 0.1) is 7.11 Å². The van der Waals surface area contributed by atoms with Crippen LogP contribution in [0.5, 0.6) is 0 Å². The van der Waals surface area contributed by atoms with E-state index >= 15 is 0 Å². The number of unbranched alkanes of at least 4 members (excludes halogenated alkanes) is 1. The van der Waals surface area contributed by atoms with Gasteiger partial charge >= 0.3 is 5.97 Å². The number of esters is 1. The number of carbonyl (C=O) groups excluding carboxylic acids is 1. The molecule has 0 aliphatic rings. The van der Waals surface area contributed by atoms with Crippen LogP contribution in [0.3, 0.4) is 0 Å². The van der Waals surface area contributed by atoms with Gasteiger partial charge in [0.25, 0.3) is 0 Å². The molecule has 4 nitrogen and oxygen atoms in total. The smallest absolute Gasteiger partial charge is 0.326 e. The summed E-state index contributed by atoms with van der Waals surface area (Å²) < 4.78 is 4.95. The molecule has 1 unspecified atom stereocenters. The molecule has 0 aromatic carbocycles. The van der Waals surface area contributed by atoms with E-state index in [1.54, 1.807) is 0 Å². The number of rotatable bonds is 9. The third-order valence-corrected chi connectivity index (χ3v) is 3.16. The van der Waals surface area contributed by atoms with Gasteiger partial charge in [0.2, 0.25) is 0 Å². The number of ether oxygens (including phenoxy) is 1. The van der Waals surface area contributed by atoms with Gasteiger partial charge in [-0.15, -0.1) is 0 Å². The Bertz CT molecular complexity index is 219. The third-order valence-electron chi connectivity index (χ3n) is 3.16. The quantitative estimate of drug-likeness (QED) is 0.626. The van der Waals surface area contributed by atoms with E-state index < -0.39 is 5.54 Å². The van der Waals surface area contributed by atoms with Crippen molar-refractivity contribution in [2.24, 2.45) is 0 Å². The summed E-state index contributed by atoms with van der Waals surface area (Å²) in [6.45, 7) is 5.90. The van der Waals surface area contributed by atoms with Gasteiger partial charge in [-0.1, -0.05) is 26.7 Å². The van der Waals surface area contributed by atoms with Gasteiger partial charge in [-0.2, -0.15) is 0 Å². The number of methoxy groups -OCH3 is 1. The maximum atomic E-state index is 11.9. The van der Waals surface area contributed by atoms with Crippen molar-refractivity contribution in [3.63, 3.8) is 0 Å². The summed E-state index contributed by atoms with van der Waals surface area (Å²) in [6.07, 6.45) is 3.75. The van der Waals surface area contributed by atoms with Crippen LogP contribution in [-0.2, 0) is 9.53 Å². The van der Waals surface area contributed by atoms with E-state index in [9.17, 15) is 4.79 Å². The van der Waals surface area contributed by atoms with Crippen molar-refractivity contribution in [1.29, 1.82) is 0 Å². The van der Waals surface area contributed by atoms with Crippen LogP contribution in [0.2, 0.25) is 0 Å². The molecule has 0 radical (unpaired) electrons. The van der Waals surface area contributed by atoms with Crippen molar-refractivity contribution in [3.05, 3.63) is 0 Å². The SMILES string of the molecule is CCCCC(CC)(NCCN(C)C)C(=O)OC. The Morgan fingerprint density at radius 3 is 2.41 bits per heavy atom.